The van der Waals surface area contributed by atoms with Crippen molar-refractivity contribution >= 4 is 23.6 Å². The van der Waals surface area contributed by atoms with Crippen LogP contribution in [0.4, 0.5) is 4.79 Å². The second kappa shape index (κ2) is 7.88. The van der Waals surface area contributed by atoms with Crippen molar-refractivity contribution in [2.24, 2.45) is 0 Å². The molecule has 21 heavy (non-hydrogen) atoms. The van der Waals surface area contributed by atoms with Crippen LogP contribution in [-0.2, 0) is 4.79 Å². The van der Waals surface area contributed by atoms with Crippen molar-refractivity contribution in [3.63, 3.8) is 0 Å². The molecule has 0 fully saturated rings. The summed E-state index contributed by atoms with van der Waals surface area (Å²) < 4.78 is 0. The van der Waals surface area contributed by atoms with Crippen molar-refractivity contribution < 1.29 is 14.7 Å². The number of carboxylic acids is 1. The largest absolute Gasteiger partial charge is 0.481 e. The predicted octanol–water partition coefficient (Wildman–Crippen LogP) is 3.30. The van der Waals surface area contributed by atoms with Crippen molar-refractivity contribution in [1.29, 1.82) is 0 Å². The number of rotatable bonds is 6. The van der Waals surface area contributed by atoms with Crippen molar-refractivity contribution in [1.82, 2.24) is 10.2 Å². The van der Waals surface area contributed by atoms with Crippen molar-refractivity contribution in [3.8, 4) is 0 Å². The molecule has 2 N–H and O–H groups in total. The molecule has 2 atom stereocenters. The van der Waals surface area contributed by atoms with Crippen LogP contribution in [-0.4, -0.2) is 34.6 Å². The van der Waals surface area contributed by atoms with E-state index in [2.05, 4.69) is 5.32 Å². The number of carbonyl (C=O) groups is 2. The van der Waals surface area contributed by atoms with Gasteiger partial charge in [-0.3, -0.25) is 4.79 Å². The number of aliphatic carboxylic acids is 1. The summed E-state index contributed by atoms with van der Waals surface area (Å²) in [5, 5.41) is 12.3. The van der Waals surface area contributed by atoms with Crippen LogP contribution in [0.1, 0.15) is 38.8 Å². The summed E-state index contributed by atoms with van der Waals surface area (Å²) in [7, 11) is 0. The molecule has 6 heteroatoms. The number of carbonyl (C=O) groups excluding carboxylic acids is 1. The molecule has 0 aliphatic rings. The monoisotopic (exact) mass is 312 g/mol. The van der Waals surface area contributed by atoms with Gasteiger partial charge in [0.25, 0.3) is 0 Å². The number of nitrogens with zero attached hydrogens (tertiary/aromatic N) is 1. The van der Waals surface area contributed by atoms with Gasteiger partial charge in [-0.2, -0.15) is 0 Å². The van der Waals surface area contributed by atoms with Gasteiger partial charge in [-0.05, 0) is 38.5 Å². The summed E-state index contributed by atoms with van der Waals surface area (Å²) in [6.07, 6.45) is -0.0766. The number of benzene rings is 1. The molecular formula is C15H21ClN2O3. The number of nitrogens with one attached hydrogen (secondary N) is 1. The van der Waals surface area contributed by atoms with E-state index < -0.39 is 5.97 Å². The van der Waals surface area contributed by atoms with Crippen LogP contribution >= 0.6 is 11.6 Å². The Morgan fingerprint density at radius 1 is 1.38 bits per heavy atom. The molecule has 5 nitrogen and oxygen atoms in total. The molecule has 0 radical (unpaired) electrons. The lowest BCUT2D eigenvalue weighted by Crippen LogP contribution is -2.46. The Balaban J connectivity index is 2.71. The SMILES string of the molecule is CCN(C(=O)NC(C)c1cccc(Cl)c1)C(C)CC(=O)O. The van der Waals surface area contributed by atoms with Gasteiger partial charge in [-0.25, -0.2) is 4.79 Å². The third kappa shape index (κ3) is 5.27. The summed E-state index contributed by atoms with van der Waals surface area (Å²) in [6, 6.07) is 6.43. The average molecular weight is 313 g/mol. The molecule has 0 saturated heterocycles. The van der Waals surface area contributed by atoms with Gasteiger partial charge in [-0.1, -0.05) is 23.7 Å². The van der Waals surface area contributed by atoms with Gasteiger partial charge in [0.2, 0.25) is 0 Å². The number of halogens is 1. The Morgan fingerprint density at radius 3 is 2.57 bits per heavy atom. The third-order valence-electron chi connectivity index (χ3n) is 3.29. The van der Waals surface area contributed by atoms with Gasteiger partial charge in [-0.15, -0.1) is 0 Å². The Labute approximate surface area is 129 Å². The van der Waals surface area contributed by atoms with Crippen LogP contribution in [0.3, 0.4) is 0 Å². The summed E-state index contributed by atoms with van der Waals surface area (Å²) >= 11 is 5.93. The lowest BCUT2D eigenvalue weighted by molar-refractivity contribution is -0.138. The van der Waals surface area contributed by atoms with E-state index in [0.29, 0.717) is 11.6 Å². The van der Waals surface area contributed by atoms with Gasteiger partial charge in [0.05, 0.1) is 12.5 Å². The summed E-state index contributed by atoms with van der Waals surface area (Å²) in [5.74, 6) is -0.920. The van der Waals surface area contributed by atoms with Crippen LogP contribution in [0.2, 0.25) is 5.02 Å². The Bertz CT molecular complexity index is 507. The quantitative estimate of drug-likeness (QED) is 0.846. The highest BCUT2D eigenvalue weighted by Gasteiger charge is 2.22. The van der Waals surface area contributed by atoms with Gasteiger partial charge in [0.15, 0.2) is 0 Å². The van der Waals surface area contributed by atoms with Crippen LogP contribution in [0.15, 0.2) is 24.3 Å². The molecule has 116 valence electrons. The maximum atomic E-state index is 12.3. The highest BCUT2D eigenvalue weighted by Crippen LogP contribution is 2.18. The van der Waals surface area contributed by atoms with E-state index in [9.17, 15) is 9.59 Å². The first-order chi connectivity index (χ1) is 9.85. The first-order valence-electron chi connectivity index (χ1n) is 6.89. The summed E-state index contributed by atoms with van der Waals surface area (Å²) in [4.78, 5) is 24.5. The number of hydrogen-bond donors (Lipinski definition) is 2. The van der Waals surface area contributed by atoms with Gasteiger partial charge >= 0.3 is 12.0 Å². The fourth-order valence-corrected chi connectivity index (χ4v) is 2.34. The minimum absolute atomic E-state index is 0.0766. The van der Waals surface area contributed by atoms with Crippen LogP contribution < -0.4 is 5.32 Å². The Hall–Kier alpha value is -1.75. The van der Waals surface area contributed by atoms with E-state index in [1.807, 2.05) is 26.0 Å². The zero-order valence-corrected chi connectivity index (χ0v) is 13.2. The van der Waals surface area contributed by atoms with Gasteiger partial charge in [0.1, 0.15) is 0 Å². The van der Waals surface area contributed by atoms with Crippen molar-refractivity contribution in [2.75, 3.05) is 6.54 Å². The maximum Gasteiger partial charge on any atom is 0.318 e. The van der Waals surface area contributed by atoms with Crippen LogP contribution in [0, 0.1) is 0 Å². The fraction of sp³-hybridized carbons (Fsp3) is 0.467. The highest BCUT2D eigenvalue weighted by molar-refractivity contribution is 6.30. The third-order valence-corrected chi connectivity index (χ3v) is 3.53. The number of urea groups is 1. The predicted molar refractivity (Wildman–Crippen MR) is 82.5 cm³/mol. The van der Waals surface area contributed by atoms with Crippen molar-refractivity contribution in [3.05, 3.63) is 34.9 Å². The van der Waals surface area contributed by atoms with E-state index in [1.54, 1.807) is 19.1 Å². The van der Waals surface area contributed by atoms with E-state index in [-0.39, 0.29) is 24.5 Å². The molecule has 0 aliphatic carbocycles. The van der Waals surface area contributed by atoms with Crippen LogP contribution in [0.25, 0.3) is 0 Å². The van der Waals surface area contributed by atoms with E-state index in [4.69, 9.17) is 16.7 Å². The number of carboxylic acid groups (broad SMARTS) is 1. The zero-order chi connectivity index (χ0) is 16.0. The average Bonchev–Trinajstić information content (AvgIpc) is 2.38. The van der Waals surface area contributed by atoms with Gasteiger partial charge < -0.3 is 15.3 Å². The molecule has 0 aromatic heterocycles. The minimum Gasteiger partial charge on any atom is -0.481 e. The zero-order valence-electron chi connectivity index (χ0n) is 12.5. The Morgan fingerprint density at radius 2 is 2.05 bits per heavy atom. The smallest absolute Gasteiger partial charge is 0.318 e. The lowest BCUT2D eigenvalue weighted by Gasteiger charge is -2.29. The second-order valence-electron chi connectivity index (χ2n) is 4.96. The van der Waals surface area contributed by atoms with Crippen molar-refractivity contribution in [2.45, 2.75) is 39.3 Å². The van der Waals surface area contributed by atoms with Crippen LogP contribution in [0.5, 0.6) is 0 Å². The highest BCUT2D eigenvalue weighted by atomic mass is 35.5. The fourth-order valence-electron chi connectivity index (χ4n) is 2.15. The van der Waals surface area contributed by atoms with E-state index in [0.717, 1.165) is 5.56 Å². The standard InChI is InChI=1S/C15H21ClN2O3/c1-4-18(10(2)8-14(19)20)15(21)17-11(3)12-6-5-7-13(16)9-12/h5-7,9-11H,4,8H2,1-3H3,(H,17,21)(H,19,20). The molecule has 1 aromatic carbocycles. The molecule has 1 aromatic rings. The molecule has 2 amide bonds. The molecule has 0 heterocycles. The molecule has 0 spiro atoms. The second-order valence-corrected chi connectivity index (χ2v) is 5.40. The number of amides is 2. The first kappa shape index (κ1) is 17.3. The first-order valence-corrected chi connectivity index (χ1v) is 7.27. The molecule has 1 rings (SSSR count). The molecule has 0 bridgehead atoms. The summed E-state index contributed by atoms with van der Waals surface area (Å²) in [5.41, 5.74) is 0.901. The van der Waals surface area contributed by atoms with E-state index in [1.165, 1.54) is 4.90 Å². The molecular weight excluding hydrogens is 292 g/mol. The molecule has 2 unspecified atom stereocenters. The lowest BCUT2D eigenvalue weighted by atomic mass is 10.1. The molecule has 0 aliphatic heterocycles. The Kier molecular flexibility index (Phi) is 6.49. The normalized spacial score (nSPS) is 13.3. The molecule has 0 saturated carbocycles. The number of hydrogen-bond acceptors (Lipinski definition) is 2. The minimum atomic E-state index is -0.920. The summed E-state index contributed by atoms with van der Waals surface area (Å²) in [6.45, 7) is 5.85. The van der Waals surface area contributed by atoms with E-state index >= 15 is 0 Å². The topological polar surface area (TPSA) is 69.6 Å². The van der Waals surface area contributed by atoms with Gasteiger partial charge in [0, 0.05) is 17.6 Å². The maximum absolute atomic E-state index is 12.3.